The molecule has 0 radical (unpaired) electrons. The minimum absolute atomic E-state index is 0.265. The normalized spacial score (nSPS) is 14.7. The van der Waals surface area contributed by atoms with E-state index in [4.69, 9.17) is 14.2 Å². The molecular formula is C24H25NO6S. The fourth-order valence-electron chi connectivity index (χ4n) is 2.79. The zero-order chi connectivity index (χ0) is 22.8. The third-order valence-electron chi connectivity index (χ3n) is 4.46. The van der Waals surface area contributed by atoms with E-state index in [1.165, 1.54) is 0 Å². The number of esters is 1. The zero-order valence-corrected chi connectivity index (χ0v) is 18.6. The number of hydrogen-bond acceptors (Lipinski definition) is 7. The van der Waals surface area contributed by atoms with Crippen molar-refractivity contribution in [1.29, 1.82) is 0 Å². The van der Waals surface area contributed by atoms with Crippen LogP contribution in [0.15, 0.2) is 59.5 Å². The molecule has 0 atom stereocenters. The number of rotatable bonds is 11. The molecule has 2 aromatic rings. The van der Waals surface area contributed by atoms with Gasteiger partial charge in [-0.05, 0) is 54.1 Å². The van der Waals surface area contributed by atoms with Crippen molar-refractivity contribution in [2.75, 3.05) is 26.4 Å². The highest BCUT2D eigenvalue weighted by Gasteiger charge is 2.36. The van der Waals surface area contributed by atoms with Crippen molar-refractivity contribution in [3.63, 3.8) is 0 Å². The number of imide groups is 1. The van der Waals surface area contributed by atoms with E-state index in [-0.39, 0.29) is 18.1 Å². The standard InChI is InChI=1S/C24H25NO6S/c1-2-3-13-31-22(26)17-25-23(27)21(32-24(25)28)16-18-9-11-20(12-10-18)30-15-14-29-19-7-5-4-6-8-19/h4-12,16H,2-3,13-15,17H2,1H3/b21-16+. The molecule has 32 heavy (non-hydrogen) atoms. The molecule has 0 spiro atoms. The summed E-state index contributed by atoms with van der Waals surface area (Å²) in [6, 6.07) is 16.6. The molecule has 0 N–H and O–H groups in total. The minimum Gasteiger partial charge on any atom is -0.490 e. The fraction of sp³-hybridized carbons (Fsp3) is 0.292. The smallest absolute Gasteiger partial charge is 0.326 e. The topological polar surface area (TPSA) is 82.1 Å². The highest BCUT2D eigenvalue weighted by molar-refractivity contribution is 8.18. The molecule has 7 nitrogen and oxygen atoms in total. The molecule has 2 aromatic carbocycles. The Kier molecular flexibility index (Phi) is 8.74. The van der Waals surface area contributed by atoms with Crippen LogP contribution in [0.4, 0.5) is 4.79 Å². The van der Waals surface area contributed by atoms with Gasteiger partial charge in [0, 0.05) is 0 Å². The molecule has 8 heteroatoms. The van der Waals surface area contributed by atoms with Crippen LogP contribution in [0, 0.1) is 0 Å². The Labute approximate surface area is 191 Å². The van der Waals surface area contributed by atoms with E-state index in [2.05, 4.69) is 0 Å². The largest absolute Gasteiger partial charge is 0.490 e. The first-order valence-corrected chi connectivity index (χ1v) is 11.2. The molecule has 1 aliphatic rings. The van der Waals surface area contributed by atoms with Crippen molar-refractivity contribution < 1.29 is 28.6 Å². The molecule has 2 amide bonds. The third-order valence-corrected chi connectivity index (χ3v) is 5.37. The van der Waals surface area contributed by atoms with Crippen molar-refractivity contribution >= 4 is 35.0 Å². The molecule has 0 bridgehead atoms. The second-order valence-electron chi connectivity index (χ2n) is 6.92. The summed E-state index contributed by atoms with van der Waals surface area (Å²) in [5.74, 6) is 0.377. The lowest BCUT2D eigenvalue weighted by Crippen LogP contribution is -2.34. The summed E-state index contributed by atoms with van der Waals surface area (Å²) in [4.78, 5) is 37.7. The number of amides is 2. The van der Waals surface area contributed by atoms with Gasteiger partial charge in [-0.1, -0.05) is 43.7 Å². The highest BCUT2D eigenvalue weighted by atomic mass is 32.2. The van der Waals surface area contributed by atoms with Crippen molar-refractivity contribution in [2.24, 2.45) is 0 Å². The molecule has 0 aliphatic carbocycles. The summed E-state index contributed by atoms with van der Waals surface area (Å²) in [5.41, 5.74) is 0.744. The maximum atomic E-state index is 12.5. The SMILES string of the molecule is CCCCOC(=O)CN1C(=O)S/C(=C/c2ccc(OCCOc3ccccc3)cc2)C1=O. The van der Waals surface area contributed by atoms with Gasteiger partial charge in [0.1, 0.15) is 31.3 Å². The first kappa shape index (κ1) is 23.4. The van der Waals surface area contributed by atoms with Crippen LogP contribution in [0.25, 0.3) is 6.08 Å². The number of benzene rings is 2. The van der Waals surface area contributed by atoms with E-state index in [0.717, 1.165) is 40.8 Å². The number of unbranched alkanes of at least 4 members (excludes halogenated alkanes) is 1. The van der Waals surface area contributed by atoms with Gasteiger partial charge in [-0.2, -0.15) is 0 Å². The van der Waals surface area contributed by atoms with Crippen LogP contribution in [0.1, 0.15) is 25.3 Å². The molecule has 1 fully saturated rings. The minimum atomic E-state index is -0.584. The van der Waals surface area contributed by atoms with Gasteiger partial charge in [-0.15, -0.1) is 0 Å². The second-order valence-corrected chi connectivity index (χ2v) is 7.91. The van der Waals surface area contributed by atoms with Gasteiger partial charge in [-0.25, -0.2) is 0 Å². The van der Waals surface area contributed by atoms with E-state index in [1.54, 1.807) is 30.3 Å². The van der Waals surface area contributed by atoms with Crippen LogP contribution in [0.2, 0.25) is 0 Å². The average Bonchev–Trinajstić information content (AvgIpc) is 3.06. The maximum Gasteiger partial charge on any atom is 0.326 e. The summed E-state index contributed by atoms with van der Waals surface area (Å²) < 4.78 is 16.3. The Morgan fingerprint density at radius 2 is 1.59 bits per heavy atom. The highest BCUT2D eigenvalue weighted by Crippen LogP contribution is 2.32. The Balaban J connectivity index is 1.49. The van der Waals surface area contributed by atoms with Crippen LogP contribution in [0.3, 0.4) is 0 Å². The van der Waals surface area contributed by atoms with Gasteiger partial charge in [0.25, 0.3) is 11.1 Å². The van der Waals surface area contributed by atoms with Crippen LogP contribution < -0.4 is 9.47 Å². The summed E-state index contributed by atoms with van der Waals surface area (Å²) in [6.07, 6.45) is 3.26. The summed E-state index contributed by atoms with van der Waals surface area (Å²) >= 11 is 0.809. The third kappa shape index (κ3) is 6.88. The lowest BCUT2D eigenvalue weighted by molar-refractivity contribution is -0.146. The number of carbonyl (C=O) groups is 3. The number of carbonyl (C=O) groups excluding carboxylic acids is 3. The molecule has 1 heterocycles. The van der Waals surface area contributed by atoms with Crippen molar-refractivity contribution in [1.82, 2.24) is 4.90 Å². The molecule has 3 rings (SSSR count). The number of ether oxygens (including phenoxy) is 3. The second kappa shape index (κ2) is 12.0. The fourth-order valence-corrected chi connectivity index (χ4v) is 3.63. The van der Waals surface area contributed by atoms with Crippen molar-refractivity contribution in [3.8, 4) is 11.5 Å². The van der Waals surface area contributed by atoms with E-state index >= 15 is 0 Å². The number of thioether (sulfide) groups is 1. The predicted octanol–water partition coefficient (Wildman–Crippen LogP) is 4.52. The lowest BCUT2D eigenvalue weighted by atomic mass is 10.2. The summed E-state index contributed by atoms with van der Waals surface area (Å²) in [5, 5.41) is -0.480. The molecule has 0 unspecified atom stereocenters. The monoisotopic (exact) mass is 455 g/mol. The van der Waals surface area contributed by atoms with E-state index in [0.29, 0.717) is 19.0 Å². The van der Waals surface area contributed by atoms with Crippen molar-refractivity contribution in [2.45, 2.75) is 19.8 Å². The van der Waals surface area contributed by atoms with Gasteiger partial charge in [0.15, 0.2) is 0 Å². The number of hydrogen-bond donors (Lipinski definition) is 0. The first-order chi connectivity index (χ1) is 15.6. The predicted molar refractivity (Wildman–Crippen MR) is 122 cm³/mol. The van der Waals surface area contributed by atoms with Gasteiger partial charge in [0.05, 0.1) is 11.5 Å². The van der Waals surface area contributed by atoms with E-state index in [1.807, 2.05) is 37.3 Å². The Morgan fingerprint density at radius 1 is 0.938 bits per heavy atom. The summed E-state index contributed by atoms with van der Waals surface area (Å²) in [6.45, 7) is 2.70. The first-order valence-electron chi connectivity index (χ1n) is 10.4. The zero-order valence-electron chi connectivity index (χ0n) is 17.8. The quantitative estimate of drug-likeness (QED) is 0.280. The number of nitrogens with zero attached hydrogens (tertiary/aromatic N) is 1. The van der Waals surface area contributed by atoms with Crippen LogP contribution in [-0.2, 0) is 14.3 Å². The molecule has 0 saturated carbocycles. The van der Waals surface area contributed by atoms with Crippen LogP contribution >= 0.6 is 11.8 Å². The van der Waals surface area contributed by atoms with E-state index < -0.39 is 17.1 Å². The van der Waals surface area contributed by atoms with E-state index in [9.17, 15) is 14.4 Å². The molecule has 168 valence electrons. The molecule has 0 aromatic heterocycles. The number of para-hydroxylation sites is 1. The van der Waals surface area contributed by atoms with Gasteiger partial charge in [0.2, 0.25) is 0 Å². The van der Waals surface area contributed by atoms with Gasteiger partial charge >= 0.3 is 5.97 Å². The lowest BCUT2D eigenvalue weighted by Gasteiger charge is -2.11. The van der Waals surface area contributed by atoms with Crippen LogP contribution in [0.5, 0.6) is 11.5 Å². The Morgan fingerprint density at radius 3 is 2.25 bits per heavy atom. The van der Waals surface area contributed by atoms with Gasteiger partial charge in [-0.3, -0.25) is 19.3 Å². The van der Waals surface area contributed by atoms with Crippen molar-refractivity contribution in [3.05, 3.63) is 65.1 Å². The molecular weight excluding hydrogens is 430 g/mol. The Bertz CT molecular complexity index is 958. The molecule has 1 saturated heterocycles. The molecule has 1 aliphatic heterocycles. The van der Waals surface area contributed by atoms with Crippen LogP contribution in [-0.4, -0.2) is 48.4 Å². The Hall–Kier alpha value is -3.26. The average molecular weight is 456 g/mol. The maximum absolute atomic E-state index is 12.5. The van der Waals surface area contributed by atoms with Gasteiger partial charge < -0.3 is 14.2 Å². The summed E-state index contributed by atoms with van der Waals surface area (Å²) in [7, 11) is 0.